The van der Waals surface area contributed by atoms with E-state index in [0.717, 1.165) is 17.8 Å². The van der Waals surface area contributed by atoms with Gasteiger partial charge in [0.15, 0.2) is 0 Å². The van der Waals surface area contributed by atoms with Gasteiger partial charge in [0, 0.05) is 15.8 Å². The van der Waals surface area contributed by atoms with E-state index in [0.29, 0.717) is 6.54 Å². The van der Waals surface area contributed by atoms with Gasteiger partial charge in [0.1, 0.15) is 0 Å². The lowest BCUT2D eigenvalue weighted by atomic mass is 10.2. The molecule has 2 aromatic carbocycles. The lowest BCUT2D eigenvalue weighted by Crippen LogP contribution is -2.30. The van der Waals surface area contributed by atoms with E-state index < -0.39 is 0 Å². The molecule has 2 aromatic rings. The highest BCUT2D eigenvalue weighted by atomic mass is 127. The van der Waals surface area contributed by atoms with E-state index in [9.17, 15) is 4.79 Å². The van der Waals surface area contributed by atoms with Crippen LogP contribution in [0.5, 0.6) is 0 Å². The molecule has 3 nitrogen and oxygen atoms in total. The standard InChI is InChI=1S/C17H19IN2O/c1-13-10-15(18)8-9-16(13)19-17(21)12-20(2)11-14-6-4-3-5-7-14/h3-10H,11-12H2,1-2H3,(H,19,21). The van der Waals surface area contributed by atoms with Gasteiger partial charge in [-0.1, -0.05) is 30.3 Å². The first kappa shape index (κ1) is 16.0. The van der Waals surface area contributed by atoms with Crippen LogP contribution in [0.3, 0.4) is 0 Å². The Morgan fingerprint density at radius 2 is 1.90 bits per heavy atom. The smallest absolute Gasteiger partial charge is 0.238 e. The Labute approximate surface area is 139 Å². The minimum atomic E-state index is 0.0118. The third-order valence-electron chi connectivity index (χ3n) is 3.17. The van der Waals surface area contributed by atoms with Crippen LogP contribution in [0, 0.1) is 10.5 Å². The first-order chi connectivity index (χ1) is 10.0. The molecule has 21 heavy (non-hydrogen) atoms. The highest BCUT2D eigenvalue weighted by Crippen LogP contribution is 2.17. The fourth-order valence-electron chi connectivity index (χ4n) is 2.15. The van der Waals surface area contributed by atoms with Crippen molar-refractivity contribution in [3.05, 3.63) is 63.2 Å². The molecule has 0 fully saturated rings. The Morgan fingerprint density at radius 1 is 1.19 bits per heavy atom. The molecule has 0 aromatic heterocycles. The fourth-order valence-corrected chi connectivity index (χ4v) is 2.80. The molecule has 0 bridgehead atoms. The van der Waals surface area contributed by atoms with Crippen molar-refractivity contribution in [3.63, 3.8) is 0 Å². The van der Waals surface area contributed by atoms with Crippen LogP contribution in [0.4, 0.5) is 5.69 Å². The number of nitrogens with one attached hydrogen (secondary N) is 1. The fraction of sp³-hybridized carbons (Fsp3) is 0.235. The van der Waals surface area contributed by atoms with Gasteiger partial charge in [-0.05, 0) is 65.9 Å². The quantitative estimate of drug-likeness (QED) is 0.785. The summed E-state index contributed by atoms with van der Waals surface area (Å²) in [6.07, 6.45) is 0. The second-order valence-corrected chi connectivity index (χ2v) is 6.41. The first-order valence-corrected chi connectivity index (χ1v) is 7.91. The minimum Gasteiger partial charge on any atom is -0.325 e. The monoisotopic (exact) mass is 394 g/mol. The summed E-state index contributed by atoms with van der Waals surface area (Å²) in [4.78, 5) is 14.1. The molecule has 0 heterocycles. The van der Waals surface area contributed by atoms with E-state index in [2.05, 4.69) is 46.1 Å². The van der Waals surface area contributed by atoms with Crippen LogP contribution in [0.15, 0.2) is 48.5 Å². The Morgan fingerprint density at radius 3 is 2.57 bits per heavy atom. The maximum absolute atomic E-state index is 12.1. The number of hydrogen-bond donors (Lipinski definition) is 1. The zero-order valence-electron chi connectivity index (χ0n) is 12.3. The van der Waals surface area contributed by atoms with Crippen LogP contribution in [-0.4, -0.2) is 24.4 Å². The van der Waals surface area contributed by atoms with E-state index in [1.54, 1.807) is 0 Å². The summed E-state index contributed by atoms with van der Waals surface area (Å²) in [5.74, 6) is 0.0118. The molecule has 1 N–H and O–H groups in total. The number of nitrogens with zero attached hydrogens (tertiary/aromatic N) is 1. The SMILES string of the molecule is Cc1cc(I)ccc1NC(=O)CN(C)Cc1ccccc1. The van der Waals surface area contributed by atoms with E-state index in [4.69, 9.17) is 0 Å². The largest absolute Gasteiger partial charge is 0.325 e. The van der Waals surface area contributed by atoms with Crippen LogP contribution in [0.25, 0.3) is 0 Å². The molecule has 4 heteroatoms. The summed E-state index contributed by atoms with van der Waals surface area (Å²) < 4.78 is 1.17. The summed E-state index contributed by atoms with van der Waals surface area (Å²) >= 11 is 2.27. The van der Waals surface area contributed by atoms with Gasteiger partial charge in [-0.3, -0.25) is 9.69 Å². The van der Waals surface area contributed by atoms with Crippen LogP contribution in [0.1, 0.15) is 11.1 Å². The molecule has 110 valence electrons. The molecule has 0 atom stereocenters. The number of halogens is 1. The van der Waals surface area contributed by atoms with Gasteiger partial charge < -0.3 is 5.32 Å². The molecule has 0 radical (unpaired) electrons. The van der Waals surface area contributed by atoms with Gasteiger partial charge in [-0.25, -0.2) is 0 Å². The van der Waals surface area contributed by atoms with Crippen molar-refractivity contribution in [1.82, 2.24) is 4.90 Å². The second kappa shape index (κ2) is 7.56. The molecule has 0 aliphatic carbocycles. The number of benzene rings is 2. The van der Waals surface area contributed by atoms with Gasteiger partial charge in [-0.15, -0.1) is 0 Å². The second-order valence-electron chi connectivity index (χ2n) is 5.17. The minimum absolute atomic E-state index is 0.0118. The Hall–Kier alpha value is -1.40. The van der Waals surface area contributed by atoms with E-state index in [1.165, 1.54) is 9.13 Å². The summed E-state index contributed by atoms with van der Waals surface area (Å²) in [6.45, 7) is 3.14. The summed E-state index contributed by atoms with van der Waals surface area (Å²) in [5.41, 5.74) is 3.17. The van der Waals surface area contributed by atoms with Crippen molar-refractivity contribution in [2.75, 3.05) is 18.9 Å². The van der Waals surface area contributed by atoms with E-state index in [-0.39, 0.29) is 5.91 Å². The third kappa shape index (κ3) is 5.13. The van der Waals surface area contributed by atoms with Crippen LogP contribution >= 0.6 is 22.6 Å². The van der Waals surface area contributed by atoms with Crippen LogP contribution < -0.4 is 5.32 Å². The molecule has 0 saturated heterocycles. The maximum Gasteiger partial charge on any atom is 0.238 e. The highest BCUT2D eigenvalue weighted by Gasteiger charge is 2.09. The van der Waals surface area contributed by atoms with Crippen molar-refractivity contribution >= 4 is 34.2 Å². The molecular formula is C17H19IN2O. The summed E-state index contributed by atoms with van der Waals surface area (Å²) in [5, 5.41) is 2.97. The first-order valence-electron chi connectivity index (χ1n) is 6.83. The van der Waals surface area contributed by atoms with Crippen LogP contribution in [-0.2, 0) is 11.3 Å². The van der Waals surface area contributed by atoms with Crippen molar-refractivity contribution in [2.24, 2.45) is 0 Å². The number of amides is 1. The maximum atomic E-state index is 12.1. The number of anilines is 1. The van der Waals surface area contributed by atoms with Gasteiger partial charge in [0.25, 0.3) is 0 Å². The Bertz CT molecular complexity index is 613. The number of hydrogen-bond acceptors (Lipinski definition) is 2. The van der Waals surface area contributed by atoms with Gasteiger partial charge in [-0.2, -0.15) is 0 Å². The average Bonchev–Trinajstić information content (AvgIpc) is 2.43. The number of likely N-dealkylation sites (N-methyl/N-ethyl adjacent to an activating group) is 1. The van der Waals surface area contributed by atoms with Crippen molar-refractivity contribution in [1.29, 1.82) is 0 Å². The molecular weight excluding hydrogens is 375 g/mol. The number of carbonyl (C=O) groups excluding carboxylic acids is 1. The zero-order valence-corrected chi connectivity index (χ0v) is 14.4. The highest BCUT2D eigenvalue weighted by molar-refractivity contribution is 14.1. The summed E-state index contributed by atoms with van der Waals surface area (Å²) in [6, 6.07) is 16.2. The van der Waals surface area contributed by atoms with Gasteiger partial charge in [0.05, 0.1) is 6.54 Å². The predicted molar refractivity (Wildman–Crippen MR) is 95.3 cm³/mol. The summed E-state index contributed by atoms with van der Waals surface area (Å²) in [7, 11) is 1.95. The lowest BCUT2D eigenvalue weighted by molar-refractivity contribution is -0.117. The predicted octanol–water partition coefficient (Wildman–Crippen LogP) is 3.67. The zero-order chi connectivity index (χ0) is 15.2. The number of aryl methyl sites for hydroxylation is 1. The molecule has 0 aliphatic heterocycles. The van der Waals surface area contributed by atoms with Gasteiger partial charge >= 0.3 is 0 Å². The van der Waals surface area contributed by atoms with Crippen molar-refractivity contribution in [3.8, 4) is 0 Å². The average molecular weight is 394 g/mol. The molecule has 2 rings (SSSR count). The normalized spacial score (nSPS) is 10.7. The topological polar surface area (TPSA) is 32.3 Å². The lowest BCUT2D eigenvalue weighted by Gasteiger charge is -2.17. The van der Waals surface area contributed by atoms with E-state index in [1.807, 2.05) is 49.2 Å². The molecule has 0 aliphatic rings. The number of rotatable bonds is 5. The molecule has 0 saturated carbocycles. The number of carbonyl (C=O) groups is 1. The van der Waals surface area contributed by atoms with Crippen LogP contribution in [0.2, 0.25) is 0 Å². The van der Waals surface area contributed by atoms with Crippen molar-refractivity contribution in [2.45, 2.75) is 13.5 Å². The Balaban J connectivity index is 1.89. The molecule has 1 amide bonds. The van der Waals surface area contributed by atoms with Gasteiger partial charge in [0.2, 0.25) is 5.91 Å². The molecule has 0 spiro atoms. The third-order valence-corrected chi connectivity index (χ3v) is 3.84. The van der Waals surface area contributed by atoms with Crippen molar-refractivity contribution < 1.29 is 4.79 Å². The Kier molecular flexibility index (Phi) is 5.76. The van der Waals surface area contributed by atoms with E-state index >= 15 is 0 Å². The molecule has 0 unspecified atom stereocenters.